The van der Waals surface area contributed by atoms with Crippen LogP contribution in [-0.4, -0.2) is 30.0 Å². The molecule has 0 fully saturated rings. The van der Waals surface area contributed by atoms with Gasteiger partial charge in [0.2, 0.25) is 5.95 Å². The number of fused-ring (bicyclic) bond motifs is 1. The fourth-order valence-electron chi connectivity index (χ4n) is 1.87. The number of hydrogen-bond donors (Lipinski definition) is 1. The Balaban J connectivity index is 2.31. The molecular weight excluding hydrogens is 288 g/mol. The van der Waals surface area contributed by atoms with E-state index in [0.717, 1.165) is 0 Å². The molecule has 0 amide bonds. The van der Waals surface area contributed by atoms with Crippen LogP contribution in [0.4, 0.5) is 0 Å². The molecule has 7 nitrogen and oxygen atoms in total. The highest BCUT2D eigenvalue weighted by atomic mass is 32.2. The van der Waals surface area contributed by atoms with Gasteiger partial charge in [-0.25, -0.2) is 14.6 Å². The van der Waals surface area contributed by atoms with Crippen LogP contribution in [-0.2, 0) is 0 Å². The smallest absolute Gasteiger partial charge is 0.268 e. The highest BCUT2D eigenvalue weighted by Crippen LogP contribution is 2.23. The summed E-state index contributed by atoms with van der Waals surface area (Å²) < 4.78 is 1.34. The molecule has 1 N–H and O–H groups in total. The molecule has 21 heavy (non-hydrogen) atoms. The van der Waals surface area contributed by atoms with Crippen molar-refractivity contribution in [3.8, 4) is 12.0 Å². The van der Waals surface area contributed by atoms with E-state index in [1.165, 1.54) is 22.7 Å². The van der Waals surface area contributed by atoms with Gasteiger partial charge in [0.1, 0.15) is 6.33 Å². The average molecular weight is 298 g/mol. The number of H-pyrrole nitrogens is 1. The Kier molecular flexibility index (Phi) is 3.41. The molecule has 0 radical (unpaired) electrons. The number of benzene rings is 1. The predicted molar refractivity (Wildman–Crippen MR) is 78.2 cm³/mol. The second-order valence-corrected chi connectivity index (χ2v) is 5.56. The lowest BCUT2D eigenvalue weighted by Crippen LogP contribution is -2.23. The molecule has 0 saturated carbocycles. The zero-order valence-electron chi connectivity index (χ0n) is 11.0. The van der Waals surface area contributed by atoms with E-state index in [1.54, 1.807) is 25.1 Å². The Labute approximate surface area is 123 Å². The van der Waals surface area contributed by atoms with Crippen molar-refractivity contribution in [1.29, 1.82) is 5.26 Å². The van der Waals surface area contributed by atoms with E-state index in [1.807, 2.05) is 6.07 Å². The summed E-state index contributed by atoms with van der Waals surface area (Å²) in [5.41, 5.74) is 0.343. The van der Waals surface area contributed by atoms with Crippen LogP contribution < -0.4 is 5.56 Å². The van der Waals surface area contributed by atoms with Crippen LogP contribution in [0.1, 0.15) is 6.92 Å². The molecule has 0 bridgehead atoms. The SMILES string of the molecule is C[C@@H](C#N)Sc1nc2ccccc2c(=O)n1-c1ncn[nH]1. The van der Waals surface area contributed by atoms with Crippen LogP contribution in [0.15, 0.2) is 40.5 Å². The molecule has 2 heterocycles. The first kappa shape index (κ1) is 13.3. The lowest BCUT2D eigenvalue weighted by molar-refractivity contribution is 0.770. The normalized spacial score (nSPS) is 12.2. The molecule has 0 spiro atoms. The van der Waals surface area contributed by atoms with Crippen LogP contribution in [0.3, 0.4) is 0 Å². The molecular formula is C13H10N6OS. The average Bonchev–Trinajstić information content (AvgIpc) is 3.01. The van der Waals surface area contributed by atoms with E-state index >= 15 is 0 Å². The first-order chi connectivity index (χ1) is 10.2. The van der Waals surface area contributed by atoms with Gasteiger partial charge in [0.25, 0.3) is 5.56 Å². The van der Waals surface area contributed by atoms with Crippen molar-refractivity contribution in [2.45, 2.75) is 17.3 Å². The third-order valence-corrected chi connectivity index (χ3v) is 3.77. The van der Waals surface area contributed by atoms with Gasteiger partial charge in [-0.15, -0.1) is 0 Å². The van der Waals surface area contributed by atoms with E-state index in [-0.39, 0.29) is 16.8 Å². The molecule has 8 heteroatoms. The van der Waals surface area contributed by atoms with Gasteiger partial charge in [-0.3, -0.25) is 4.79 Å². The Bertz CT molecular complexity index is 880. The van der Waals surface area contributed by atoms with Gasteiger partial charge in [-0.1, -0.05) is 23.9 Å². The van der Waals surface area contributed by atoms with Crippen LogP contribution in [0.5, 0.6) is 0 Å². The minimum atomic E-state index is -0.341. The number of hydrogen-bond acceptors (Lipinski definition) is 6. The van der Waals surface area contributed by atoms with Crippen molar-refractivity contribution in [3.63, 3.8) is 0 Å². The Hall–Kier alpha value is -2.66. The summed E-state index contributed by atoms with van der Waals surface area (Å²) in [7, 11) is 0. The number of aromatic amines is 1. The van der Waals surface area contributed by atoms with Crippen molar-refractivity contribution in [1.82, 2.24) is 24.7 Å². The minimum Gasteiger partial charge on any atom is -0.268 e. The summed E-state index contributed by atoms with van der Waals surface area (Å²) in [6.07, 6.45) is 1.32. The number of nitrogens with one attached hydrogen (secondary N) is 1. The quantitative estimate of drug-likeness (QED) is 0.581. The third kappa shape index (κ3) is 2.39. The molecule has 1 aromatic carbocycles. The molecule has 104 valence electrons. The second kappa shape index (κ2) is 5.38. The van der Waals surface area contributed by atoms with Gasteiger partial charge in [-0.05, 0) is 19.1 Å². The molecule has 0 aliphatic rings. The van der Waals surface area contributed by atoms with Gasteiger partial charge in [0.05, 0.1) is 22.2 Å². The van der Waals surface area contributed by atoms with Crippen LogP contribution >= 0.6 is 11.8 Å². The number of aromatic nitrogens is 5. The van der Waals surface area contributed by atoms with Crippen molar-refractivity contribution < 1.29 is 0 Å². The lowest BCUT2D eigenvalue weighted by Gasteiger charge is -2.10. The van der Waals surface area contributed by atoms with Gasteiger partial charge in [-0.2, -0.15) is 15.3 Å². The number of rotatable bonds is 3. The maximum atomic E-state index is 12.7. The number of nitriles is 1. The van der Waals surface area contributed by atoms with Crippen molar-refractivity contribution in [2.24, 2.45) is 0 Å². The van der Waals surface area contributed by atoms with Gasteiger partial charge in [0, 0.05) is 0 Å². The molecule has 0 aliphatic carbocycles. The van der Waals surface area contributed by atoms with E-state index in [4.69, 9.17) is 5.26 Å². The molecule has 2 aromatic heterocycles. The zero-order valence-corrected chi connectivity index (χ0v) is 11.8. The van der Waals surface area contributed by atoms with Gasteiger partial charge < -0.3 is 0 Å². The number of nitrogens with zero attached hydrogens (tertiary/aromatic N) is 5. The predicted octanol–water partition coefficient (Wildman–Crippen LogP) is 1.51. The maximum absolute atomic E-state index is 12.7. The monoisotopic (exact) mass is 298 g/mol. The second-order valence-electron chi connectivity index (χ2n) is 4.25. The molecule has 0 unspecified atom stereocenters. The van der Waals surface area contributed by atoms with Gasteiger partial charge in [0.15, 0.2) is 5.16 Å². The third-order valence-electron chi connectivity index (χ3n) is 2.82. The van der Waals surface area contributed by atoms with E-state index in [0.29, 0.717) is 16.1 Å². The first-order valence-electron chi connectivity index (χ1n) is 6.14. The summed E-state index contributed by atoms with van der Waals surface area (Å²) in [5.74, 6) is 0.283. The molecule has 0 aliphatic heterocycles. The summed E-state index contributed by atoms with van der Waals surface area (Å²) >= 11 is 1.20. The van der Waals surface area contributed by atoms with Crippen molar-refractivity contribution >= 4 is 22.7 Å². The van der Waals surface area contributed by atoms with Gasteiger partial charge >= 0.3 is 0 Å². The lowest BCUT2D eigenvalue weighted by atomic mass is 10.2. The topological polar surface area (TPSA) is 100 Å². The molecule has 3 rings (SSSR count). The highest BCUT2D eigenvalue weighted by Gasteiger charge is 2.17. The Morgan fingerprint density at radius 2 is 2.24 bits per heavy atom. The number of para-hydroxylation sites is 1. The fourth-order valence-corrected chi connectivity index (χ4v) is 2.66. The van der Waals surface area contributed by atoms with E-state index in [2.05, 4.69) is 26.2 Å². The molecule has 3 aromatic rings. The zero-order chi connectivity index (χ0) is 14.8. The number of thioether (sulfide) groups is 1. The standard InChI is InChI=1S/C13H10N6OS/c1-8(6-14)21-13-17-10-5-3-2-4-9(10)11(20)19(13)12-15-7-16-18-12/h2-5,7-8H,1H3,(H,15,16,18)/t8-/m0/s1. The first-order valence-corrected chi connectivity index (χ1v) is 7.02. The summed E-state index contributed by atoms with van der Waals surface area (Å²) in [4.78, 5) is 21.1. The fraction of sp³-hybridized carbons (Fsp3) is 0.154. The highest BCUT2D eigenvalue weighted by molar-refractivity contribution is 8.00. The minimum absolute atomic E-state index is 0.245. The van der Waals surface area contributed by atoms with Crippen molar-refractivity contribution in [3.05, 3.63) is 40.9 Å². The molecule has 0 saturated heterocycles. The summed E-state index contributed by atoms with van der Waals surface area (Å²) in [6, 6.07) is 9.18. The largest absolute Gasteiger partial charge is 0.269 e. The summed E-state index contributed by atoms with van der Waals surface area (Å²) in [6.45, 7) is 1.75. The maximum Gasteiger partial charge on any atom is 0.269 e. The van der Waals surface area contributed by atoms with E-state index < -0.39 is 0 Å². The van der Waals surface area contributed by atoms with Crippen LogP contribution in [0.25, 0.3) is 16.9 Å². The van der Waals surface area contributed by atoms with E-state index in [9.17, 15) is 4.79 Å². The van der Waals surface area contributed by atoms with Crippen LogP contribution in [0.2, 0.25) is 0 Å². The molecule has 1 atom stereocenters. The Morgan fingerprint density at radius 3 is 2.95 bits per heavy atom. The van der Waals surface area contributed by atoms with Crippen molar-refractivity contribution in [2.75, 3.05) is 0 Å². The van der Waals surface area contributed by atoms with Crippen LogP contribution in [0, 0.1) is 11.3 Å². The Morgan fingerprint density at radius 1 is 1.43 bits per heavy atom. The summed E-state index contributed by atoms with van der Waals surface area (Å²) in [5, 5.41) is 16.0.